The van der Waals surface area contributed by atoms with E-state index in [0.717, 1.165) is 43.3 Å². The molecule has 6 nitrogen and oxygen atoms in total. The second-order valence-corrected chi connectivity index (χ2v) is 6.21. The standard InChI is InChI=1S/C20H24N4O2.HI/c1-22-20(24-13-15-3-2-4-17(12-15)19(21)25)23-9-7-14-5-6-18-16(11-14)8-10-26-18;/h2-6,11-12H,7-10,13H2,1H3,(H2,21,25)(H2,22,23,24);1H. The summed E-state index contributed by atoms with van der Waals surface area (Å²) < 4.78 is 5.54. The Morgan fingerprint density at radius 3 is 2.81 bits per heavy atom. The Bertz CT molecular complexity index is 823. The van der Waals surface area contributed by atoms with Crippen LogP contribution >= 0.6 is 24.0 Å². The van der Waals surface area contributed by atoms with E-state index in [1.807, 2.05) is 12.1 Å². The molecule has 0 fully saturated rings. The highest BCUT2D eigenvalue weighted by Crippen LogP contribution is 2.25. The normalized spacial score (nSPS) is 12.6. The van der Waals surface area contributed by atoms with Gasteiger partial charge in [-0.05, 0) is 41.3 Å². The van der Waals surface area contributed by atoms with Crippen molar-refractivity contribution in [2.24, 2.45) is 10.7 Å². The Balaban J connectivity index is 0.00000261. The molecule has 0 unspecified atom stereocenters. The molecule has 2 aromatic rings. The van der Waals surface area contributed by atoms with Crippen molar-refractivity contribution >= 4 is 35.8 Å². The van der Waals surface area contributed by atoms with Crippen molar-refractivity contribution in [3.8, 4) is 5.75 Å². The van der Waals surface area contributed by atoms with Gasteiger partial charge in [0.1, 0.15) is 5.75 Å². The van der Waals surface area contributed by atoms with Crippen molar-refractivity contribution < 1.29 is 9.53 Å². The predicted octanol–water partition coefficient (Wildman–Crippen LogP) is 2.25. The zero-order valence-corrected chi connectivity index (χ0v) is 17.7. The summed E-state index contributed by atoms with van der Waals surface area (Å²) in [6.45, 7) is 2.13. The molecule has 1 aliphatic heterocycles. The van der Waals surface area contributed by atoms with Gasteiger partial charge in [0.15, 0.2) is 5.96 Å². The quantitative estimate of drug-likeness (QED) is 0.336. The van der Waals surface area contributed by atoms with Gasteiger partial charge in [0.2, 0.25) is 5.91 Å². The monoisotopic (exact) mass is 480 g/mol. The number of carbonyl (C=O) groups excluding carboxylic acids is 1. The van der Waals surface area contributed by atoms with Gasteiger partial charge >= 0.3 is 0 Å². The molecule has 1 amide bonds. The van der Waals surface area contributed by atoms with Crippen LogP contribution in [0, 0.1) is 0 Å². The van der Waals surface area contributed by atoms with Crippen LogP contribution in [0.15, 0.2) is 47.5 Å². The van der Waals surface area contributed by atoms with E-state index in [4.69, 9.17) is 10.5 Å². The van der Waals surface area contributed by atoms with Gasteiger partial charge in [-0.2, -0.15) is 0 Å². The Kier molecular flexibility index (Phi) is 7.90. The molecule has 0 aromatic heterocycles. The highest BCUT2D eigenvalue weighted by molar-refractivity contribution is 14.0. The zero-order valence-electron chi connectivity index (χ0n) is 15.3. The van der Waals surface area contributed by atoms with Gasteiger partial charge in [-0.15, -0.1) is 24.0 Å². The number of fused-ring (bicyclic) bond motifs is 1. The number of aliphatic imine (C=N–C) groups is 1. The predicted molar refractivity (Wildman–Crippen MR) is 118 cm³/mol. The van der Waals surface area contributed by atoms with E-state index in [-0.39, 0.29) is 24.0 Å². The first-order chi connectivity index (χ1) is 12.7. The molecular formula is C20H25IN4O2. The lowest BCUT2D eigenvalue weighted by Gasteiger charge is -2.12. The molecule has 1 heterocycles. The Hall–Kier alpha value is -2.29. The van der Waals surface area contributed by atoms with Crippen molar-refractivity contribution in [3.63, 3.8) is 0 Å². The van der Waals surface area contributed by atoms with E-state index in [2.05, 4.69) is 33.8 Å². The molecule has 2 aromatic carbocycles. The summed E-state index contributed by atoms with van der Waals surface area (Å²) in [5, 5.41) is 6.56. The summed E-state index contributed by atoms with van der Waals surface area (Å²) in [4.78, 5) is 15.5. The fourth-order valence-corrected chi connectivity index (χ4v) is 2.96. The summed E-state index contributed by atoms with van der Waals surface area (Å²) >= 11 is 0. The van der Waals surface area contributed by atoms with Crippen LogP contribution in [0.2, 0.25) is 0 Å². The third-order valence-corrected chi connectivity index (χ3v) is 4.36. The Morgan fingerprint density at radius 1 is 1.19 bits per heavy atom. The largest absolute Gasteiger partial charge is 0.493 e. The molecule has 3 rings (SSSR count). The lowest BCUT2D eigenvalue weighted by Crippen LogP contribution is -2.37. The number of nitrogens with two attached hydrogens (primary N) is 1. The molecule has 0 aliphatic carbocycles. The summed E-state index contributed by atoms with van der Waals surface area (Å²) in [7, 11) is 1.74. The Labute approximate surface area is 176 Å². The van der Waals surface area contributed by atoms with Crippen molar-refractivity contribution in [2.45, 2.75) is 19.4 Å². The molecule has 7 heteroatoms. The van der Waals surface area contributed by atoms with Crippen molar-refractivity contribution in [2.75, 3.05) is 20.2 Å². The van der Waals surface area contributed by atoms with Gasteiger partial charge in [-0.3, -0.25) is 9.79 Å². The summed E-state index contributed by atoms with van der Waals surface area (Å²) in [6.07, 6.45) is 1.90. The smallest absolute Gasteiger partial charge is 0.248 e. The SMILES string of the molecule is CN=C(NCCc1ccc2c(c1)CCO2)NCc1cccc(C(N)=O)c1.I. The van der Waals surface area contributed by atoms with Gasteiger partial charge in [0, 0.05) is 32.1 Å². The van der Waals surface area contributed by atoms with E-state index >= 15 is 0 Å². The van der Waals surface area contributed by atoms with E-state index in [0.29, 0.717) is 12.1 Å². The van der Waals surface area contributed by atoms with Gasteiger partial charge in [0.05, 0.1) is 6.61 Å². The second kappa shape index (κ2) is 10.1. The van der Waals surface area contributed by atoms with E-state index in [1.165, 1.54) is 11.1 Å². The minimum atomic E-state index is -0.422. The fourth-order valence-electron chi connectivity index (χ4n) is 2.96. The van der Waals surface area contributed by atoms with E-state index in [1.54, 1.807) is 19.2 Å². The summed E-state index contributed by atoms with van der Waals surface area (Å²) in [5.41, 5.74) is 9.37. The Morgan fingerprint density at radius 2 is 2.04 bits per heavy atom. The number of halogens is 1. The van der Waals surface area contributed by atoms with Gasteiger partial charge in [0.25, 0.3) is 0 Å². The van der Waals surface area contributed by atoms with Crippen LogP contribution in [-0.2, 0) is 19.4 Å². The first kappa shape index (κ1) is 21.0. The fraction of sp³-hybridized carbons (Fsp3) is 0.300. The molecule has 0 radical (unpaired) electrons. The molecule has 0 saturated heterocycles. The maximum absolute atomic E-state index is 11.3. The van der Waals surface area contributed by atoms with Crippen LogP contribution in [0.25, 0.3) is 0 Å². The van der Waals surface area contributed by atoms with E-state index < -0.39 is 5.91 Å². The van der Waals surface area contributed by atoms with Gasteiger partial charge in [-0.1, -0.05) is 24.3 Å². The van der Waals surface area contributed by atoms with Crippen LogP contribution in [0.1, 0.15) is 27.0 Å². The van der Waals surface area contributed by atoms with Crippen molar-refractivity contribution in [3.05, 3.63) is 64.7 Å². The average molecular weight is 480 g/mol. The van der Waals surface area contributed by atoms with Gasteiger partial charge < -0.3 is 21.1 Å². The highest BCUT2D eigenvalue weighted by atomic mass is 127. The summed E-state index contributed by atoms with van der Waals surface area (Å²) in [6, 6.07) is 13.6. The van der Waals surface area contributed by atoms with Crippen molar-refractivity contribution in [1.82, 2.24) is 10.6 Å². The number of nitrogens with zero attached hydrogens (tertiary/aromatic N) is 1. The number of nitrogens with one attached hydrogen (secondary N) is 2. The second-order valence-electron chi connectivity index (χ2n) is 6.21. The summed E-state index contributed by atoms with van der Waals surface area (Å²) in [5.74, 6) is 1.31. The van der Waals surface area contributed by atoms with Crippen molar-refractivity contribution in [1.29, 1.82) is 0 Å². The maximum Gasteiger partial charge on any atom is 0.248 e. The van der Waals surface area contributed by atoms with E-state index in [9.17, 15) is 4.79 Å². The molecule has 144 valence electrons. The van der Waals surface area contributed by atoms with Crippen LogP contribution in [0.3, 0.4) is 0 Å². The number of guanidine groups is 1. The lowest BCUT2D eigenvalue weighted by atomic mass is 10.1. The number of primary amides is 1. The first-order valence-electron chi connectivity index (χ1n) is 8.73. The minimum Gasteiger partial charge on any atom is -0.493 e. The number of amides is 1. The molecule has 0 saturated carbocycles. The molecule has 0 spiro atoms. The highest BCUT2D eigenvalue weighted by Gasteiger charge is 2.11. The third kappa shape index (κ3) is 5.85. The van der Waals surface area contributed by atoms with Crippen LogP contribution in [-0.4, -0.2) is 32.1 Å². The number of benzene rings is 2. The molecule has 27 heavy (non-hydrogen) atoms. The topological polar surface area (TPSA) is 88.7 Å². The van der Waals surface area contributed by atoms with Crippen LogP contribution < -0.4 is 21.1 Å². The number of hydrogen-bond donors (Lipinski definition) is 3. The average Bonchev–Trinajstić information content (AvgIpc) is 3.12. The molecule has 0 bridgehead atoms. The third-order valence-electron chi connectivity index (χ3n) is 4.36. The van der Waals surface area contributed by atoms with Gasteiger partial charge in [-0.25, -0.2) is 0 Å². The number of rotatable bonds is 6. The molecular weight excluding hydrogens is 455 g/mol. The molecule has 4 N–H and O–H groups in total. The number of hydrogen-bond acceptors (Lipinski definition) is 3. The van der Waals surface area contributed by atoms with Crippen LogP contribution in [0.5, 0.6) is 5.75 Å². The maximum atomic E-state index is 11.3. The van der Waals surface area contributed by atoms with Crippen LogP contribution in [0.4, 0.5) is 0 Å². The zero-order chi connectivity index (χ0) is 18.4. The lowest BCUT2D eigenvalue weighted by molar-refractivity contribution is 0.1000. The number of carbonyl (C=O) groups is 1. The molecule has 0 atom stereocenters. The number of ether oxygens (including phenoxy) is 1. The molecule has 1 aliphatic rings. The first-order valence-corrected chi connectivity index (χ1v) is 8.73. The minimum absolute atomic E-state index is 0.